The van der Waals surface area contributed by atoms with Gasteiger partial charge >= 0.3 is 0 Å². The van der Waals surface area contributed by atoms with Crippen molar-refractivity contribution >= 4 is 11.3 Å². The molecule has 1 aromatic heterocycles. The first-order valence-corrected chi connectivity index (χ1v) is 6.76. The highest BCUT2D eigenvalue weighted by Crippen LogP contribution is 2.25. The monoisotopic (exact) mass is 240 g/mol. The van der Waals surface area contributed by atoms with Crippen molar-refractivity contribution in [1.29, 1.82) is 0 Å². The molecule has 90 valence electrons. The van der Waals surface area contributed by atoms with Crippen molar-refractivity contribution < 1.29 is 4.74 Å². The second kappa shape index (κ2) is 5.27. The Morgan fingerprint density at radius 2 is 2.19 bits per heavy atom. The van der Waals surface area contributed by atoms with E-state index in [1.807, 2.05) is 0 Å². The van der Waals surface area contributed by atoms with E-state index in [-0.39, 0.29) is 0 Å². The van der Waals surface area contributed by atoms with Crippen LogP contribution in [-0.4, -0.2) is 36.7 Å². The molecule has 1 aliphatic rings. The van der Waals surface area contributed by atoms with Crippen LogP contribution in [0.15, 0.2) is 16.8 Å². The van der Waals surface area contributed by atoms with Gasteiger partial charge in [0.15, 0.2) is 0 Å². The van der Waals surface area contributed by atoms with Crippen LogP contribution >= 0.6 is 11.3 Å². The molecule has 4 heteroatoms. The summed E-state index contributed by atoms with van der Waals surface area (Å²) in [5, 5.41) is 4.31. The molecule has 3 nitrogen and oxygen atoms in total. The van der Waals surface area contributed by atoms with Crippen LogP contribution in [0.1, 0.15) is 25.5 Å². The lowest BCUT2D eigenvalue weighted by Crippen LogP contribution is -2.48. The number of hydrogen-bond donors (Lipinski definition) is 1. The maximum absolute atomic E-state index is 5.91. The average molecular weight is 240 g/mol. The van der Waals surface area contributed by atoms with Gasteiger partial charge in [-0.25, -0.2) is 0 Å². The zero-order valence-corrected chi connectivity index (χ0v) is 10.7. The van der Waals surface area contributed by atoms with Gasteiger partial charge in [-0.3, -0.25) is 4.90 Å². The van der Waals surface area contributed by atoms with Gasteiger partial charge < -0.3 is 10.5 Å². The van der Waals surface area contributed by atoms with E-state index in [9.17, 15) is 0 Å². The number of thiophene rings is 1. The van der Waals surface area contributed by atoms with E-state index < -0.39 is 0 Å². The van der Waals surface area contributed by atoms with Crippen LogP contribution in [-0.2, 0) is 4.74 Å². The number of nitrogens with zero attached hydrogens (tertiary/aromatic N) is 1. The van der Waals surface area contributed by atoms with Gasteiger partial charge in [0, 0.05) is 25.7 Å². The third kappa shape index (κ3) is 2.63. The van der Waals surface area contributed by atoms with Crippen molar-refractivity contribution in [2.24, 2.45) is 5.73 Å². The molecule has 2 rings (SSSR count). The summed E-state index contributed by atoms with van der Waals surface area (Å²) < 4.78 is 5.75. The molecule has 1 aromatic rings. The third-order valence-electron chi connectivity index (χ3n) is 3.04. The molecule has 16 heavy (non-hydrogen) atoms. The summed E-state index contributed by atoms with van der Waals surface area (Å²) in [6.07, 6.45) is 0.605. The Balaban J connectivity index is 2.09. The van der Waals surface area contributed by atoms with Crippen LogP contribution in [0.5, 0.6) is 0 Å². The van der Waals surface area contributed by atoms with Crippen LogP contribution in [0.2, 0.25) is 0 Å². The first kappa shape index (κ1) is 12.0. The van der Waals surface area contributed by atoms with Gasteiger partial charge in [-0.2, -0.15) is 11.3 Å². The molecule has 0 radical (unpaired) electrons. The van der Waals surface area contributed by atoms with Gasteiger partial charge in [0.1, 0.15) is 0 Å². The highest BCUT2D eigenvalue weighted by atomic mass is 32.1. The number of morpholine rings is 1. The molecule has 2 heterocycles. The topological polar surface area (TPSA) is 38.5 Å². The lowest BCUT2D eigenvalue weighted by Gasteiger charge is -2.39. The fraction of sp³-hybridized carbons (Fsp3) is 0.667. The predicted octanol–water partition coefficient (Wildman–Crippen LogP) is 1.86. The smallest absolute Gasteiger partial charge is 0.0678 e. The Morgan fingerprint density at radius 3 is 2.69 bits per heavy atom. The summed E-state index contributed by atoms with van der Waals surface area (Å²) in [6, 6.07) is 2.52. The Labute approximate surface area is 101 Å². The van der Waals surface area contributed by atoms with E-state index in [1.165, 1.54) is 5.56 Å². The summed E-state index contributed by atoms with van der Waals surface area (Å²) >= 11 is 1.74. The normalized spacial score (nSPS) is 29.2. The minimum Gasteiger partial charge on any atom is -0.373 e. The molecule has 0 saturated carbocycles. The average Bonchev–Trinajstić information content (AvgIpc) is 2.70. The van der Waals surface area contributed by atoms with Gasteiger partial charge in [0.2, 0.25) is 0 Å². The summed E-state index contributed by atoms with van der Waals surface area (Å²) in [4.78, 5) is 2.45. The van der Waals surface area contributed by atoms with Crippen molar-refractivity contribution in [2.45, 2.75) is 32.1 Å². The molecule has 0 amide bonds. The summed E-state index contributed by atoms with van der Waals surface area (Å²) in [5.41, 5.74) is 7.25. The lowest BCUT2D eigenvalue weighted by molar-refractivity contribution is -0.0798. The Kier molecular flexibility index (Phi) is 3.97. The van der Waals surface area contributed by atoms with Crippen molar-refractivity contribution in [3.8, 4) is 0 Å². The molecule has 1 fully saturated rings. The quantitative estimate of drug-likeness (QED) is 0.876. The summed E-state index contributed by atoms with van der Waals surface area (Å²) in [5.74, 6) is 0. The second-order valence-electron chi connectivity index (χ2n) is 4.52. The minimum atomic E-state index is 0.302. The highest BCUT2D eigenvalue weighted by molar-refractivity contribution is 7.07. The molecular formula is C12H20N2OS. The molecule has 2 N–H and O–H groups in total. The van der Waals surface area contributed by atoms with Gasteiger partial charge in [0.05, 0.1) is 12.2 Å². The molecule has 1 aliphatic heterocycles. The minimum absolute atomic E-state index is 0.302. The fourth-order valence-corrected chi connectivity index (χ4v) is 3.14. The van der Waals surface area contributed by atoms with Gasteiger partial charge in [-0.15, -0.1) is 0 Å². The standard InChI is InChI=1S/C12H20N2OS/c1-9-6-14(7-10(2)15-9)12(5-13)11-3-4-16-8-11/h3-4,8-10,12H,5-7,13H2,1-2H3/t9-,10+,12?. The second-order valence-corrected chi connectivity index (χ2v) is 5.30. The van der Waals surface area contributed by atoms with Crippen molar-refractivity contribution in [3.05, 3.63) is 22.4 Å². The largest absolute Gasteiger partial charge is 0.373 e. The lowest BCUT2D eigenvalue weighted by atomic mass is 10.1. The van der Waals surface area contributed by atoms with Crippen LogP contribution in [0.4, 0.5) is 0 Å². The van der Waals surface area contributed by atoms with Crippen molar-refractivity contribution in [2.75, 3.05) is 19.6 Å². The number of ether oxygens (including phenoxy) is 1. The Morgan fingerprint density at radius 1 is 1.50 bits per heavy atom. The zero-order valence-electron chi connectivity index (χ0n) is 9.93. The van der Waals surface area contributed by atoms with Crippen LogP contribution in [0.3, 0.4) is 0 Å². The molecule has 1 saturated heterocycles. The van der Waals surface area contributed by atoms with E-state index in [4.69, 9.17) is 10.5 Å². The number of hydrogen-bond acceptors (Lipinski definition) is 4. The molecule has 0 bridgehead atoms. The summed E-state index contributed by atoms with van der Waals surface area (Å²) in [7, 11) is 0. The van der Waals surface area contributed by atoms with E-state index >= 15 is 0 Å². The van der Waals surface area contributed by atoms with E-state index in [1.54, 1.807) is 11.3 Å². The van der Waals surface area contributed by atoms with Gasteiger partial charge in [0.25, 0.3) is 0 Å². The van der Waals surface area contributed by atoms with Gasteiger partial charge in [-0.1, -0.05) is 0 Å². The first-order valence-electron chi connectivity index (χ1n) is 5.82. The summed E-state index contributed by atoms with van der Waals surface area (Å²) in [6.45, 7) is 6.88. The predicted molar refractivity (Wildman–Crippen MR) is 67.7 cm³/mol. The molecule has 3 atom stereocenters. The Hall–Kier alpha value is -0.420. The first-order chi connectivity index (χ1) is 7.70. The maximum Gasteiger partial charge on any atom is 0.0678 e. The highest BCUT2D eigenvalue weighted by Gasteiger charge is 2.28. The number of nitrogens with two attached hydrogens (primary N) is 1. The van der Waals surface area contributed by atoms with E-state index in [0.717, 1.165) is 13.1 Å². The maximum atomic E-state index is 5.91. The SMILES string of the molecule is C[C@@H]1CN(C(CN)c2ccsc2)C[C@H](C)O1. The van der Waals surface area contributed by atoms with E-state index in [2.05, 4.69) is 35.6 Å². The number of rotatable bonds is 3. The fourth-order valence-electron chi connectivity index (χ4n) is 2.43. The molecule has 0 aromatic carbocycles. The van der Waals surface area contributed by atoms with Crippen molar-refractivity contribution in [3.63, 3.8) is 0 Å². The van der Waals surface area contributed by atoms with Gasteiger partial charge in [-0.05, 0) is 36.2 Å². The molecule has 0 aliphatic carbocycles. The third-order valence-corrected chi connectivity index (χ3v) is 3.74. The van der Waals surface area contributed by atoms with Crippen LogP contribution in [0.25, 0.3) is 0 Å². The molecular weight excluding hydrogens is 220 g/mol. The van der Waals surface area contributed by atoms with E-state index in [0.29, 0.717) is 24.8 Å². The Bertz CT molecular complexity index is 305. The van der Waals surface area contributed by atoms with Crippen LogP contribution in [0, 0.1) is 0 Å². The molecule has 1 unspecified atom stereocenters. The van der Waals surface area contributed by atoms with Crippen molar-refractivity contribution in [1.82, 2.24) is 4.90 Å². The zero-order chi connectivity index (χ0) is 11.5. The van der Waals surface area contributed by atoms with Crippen LogP contribution < -0.4 is 5.73 Å². The molecule has 0 spiro atoms.